The number of rotatable bonds is 2. The van der Waals surface area contributed by atoms with Crippen LogP contribution in [0.4, 0.5) is 0 Å². The number of carbonyl (C=O) groups excluding carboxylic acids is 1. The first-order chi connectivity index (χ1) is 9.16. The van der Waals surface area contributed by atoms with E-state index < -0.39 is 0 Å². The van der Waals surface area contributed by atoms with Crippen molar-refractivity contribution in [1.82, 2.24) is 4.90 Å². The molecule has 2 heterocycles. The number of likely N-dealkylation sites (tertiary alicyclic amines) is 1. The van der Waals surface area contributed by atoms with Crippen LogP contribution in [0.5, 0.6) is 0 Å². The molecule has 1 amide bonds. The van der Waals surface area contributed by atoms with Gasteiger partial charge in [-0.1, -0.05) is 6.92 Å². The zero-order chi connectivity index (χ0) is 13.4. The van der Waals surface area contributed by atoms with Crippen molar-refractivity contribution in [1.29, 1.82) is 0 Å². The normalized spacial score (nSPS) is 35.5. The van der Waals surface area contributed by atoms with E-state index in [9.17, 15) is 4.79 Å². The molecule has 0 aromatic rings. The molecule has 3 aliphatic rings. The number of nitrogens with zero attached hydrogens (tertiary/aromatic N) is 1. The van der Waals surface area contributed by atoms with Crippen molar-refractivity contribution in [3.05, 3.63) is 0 Å². The first kappa shape index (κ1) is 16.1. The van der Waals surface area contributed by atoms with Gasteiger partial charge in [0, 0.05) is 38.3 Å². The van der Waals surface area contributed by atoms with Crippen molar-refractivity contribution in [2.75, 3.05) is 26.3 Å². The van der Waals surface area contributed by atoms with Gasteiger partial charge in [0.25, 0.3) is 0 Å². The van der Waals surface area contributed by atoms with E-state index in [1.165, 1.54) is 6.42 Å². The Kier molecular flexibility index (Phi) is 5.32. The number of fused-ring (bicyclic) bond motifs is 1. The highest BCUT2D eigenvalue weighted by molar-refractivity contribution is 5.85. The molecule has 2 aliphatic heterocycles. The van der Waals surface area contributed by atoms with Crippen molar-refractivity contribution < 1.29 is 9.53 Å². The van der Waals surface area contributed by atoms with E-state index in [0.717, 1.165) is 45.6 Å². The lowest BCUT2D eigenvalue weighted by Crippen LogP contribution is -2.39. The lowest BCUT2D eigenvalue weighted by Gasteiger charge is -2.30. The maximum Gasteiger partial charge on any atom is 0.225 e. The molecule has 4 nitrogen and oxygen atoms in total. The molecule has 1 saturated carbocycles. The number of amides is 1. The Balaban J connectivity index is 0.00000147. The summed E-state index contributed by atoms with van der Waals surface area (Å²) in [4.78, 5) is 14.7. The third-order valence-electron chi connectivity index (χ3n) is 5.59. The van der Waals surface area contributed by atoms with Gasteiger partial charge in [0.05, 0.1) is 0 Å². The average Bonchev–Trinajstić information content (AvgIpc) is 3.01. The predicted octanol–water partition coefficient (Wildman–Crippen LogP) is 1.67. The molecule has 0 radical (unpaired) electrons. The second kappa shape index (κ2) is 6.63. The van der Waals surface area contributed by atoms with Gasteiger partial charge in [0.2, 0.25) is 5.91 Å². The van der Waals surface area contributed by atoms with Gasteiger partial charge in [-0.25, -0.2) is 0 Å². The topological polar surface area (TPSA) is 55.6 Å². The van der Waals surface area contributed by atoms with Gasteiger partial charge in [0.1, 0.15) is 0 Å². The van der Waals surface area contributed by atoms with E-state index in [2.05, 4.69) is 11.8 Å². The van der Waals surface area contributed by atoms with Crippen molar-refractivity contribution in [2.45, 2.75) is 38.6 Å². The van der Waals surface area contributed by atoms with Gasteiger partial charge in [-0.2, -0.15) is 0 Å². The maximum absolute atomic E-state index is 12.6. The summed E-state index contributed by atoms with van der Waals surface area (Å²) in [6.45, 7) is 5.59. The van der Waals surface area contributed by atoms with Crippen LogP contribution in [0.15, 0.2) is 0 Å². The lowest BCUT2D eigenvalue weighted by atomic mass is 9.86. The smallest absolute Gasteiger partial charge is 0.225 e. The molecule has 1 aliphatic carbocycles. The number of ether oxygens (including phenoxy) is 1. The molecular formula is C15H27ClN2O2. The van der Waals surface area contributed by atoms with E-state index >= 15 is 0 Å². The Morgan fingerprint density at radius 2 is 1.90 bits per heavy atom. The summed E-state index contributed by atoms with van der Waals surface area (Å²) < 4.78 is 5.39. The molecule has 3 fully saturated rings. The first-order valence-corrected chi connectivity index (χ1v) is 7.79. The third kappa shape index (κ3) is 2.97. The number of hydrogen-bond donors (Lipinski definition) is 1. The fourth-order valence-electron chi connectivity index (χ4n) is 4.19. The molecule has 20 heavy (non-hydrogen) atoms. The highest BCUT2D eigenvalue weighted by Crippen LogP contribution is 2.38. The van der Waals surface area contributed by atoms with Crippen molar-refractivity contribution >= 4 is 18.3 Å². The van der Waals surface area contributed by atoms with Gasteiger partial charge in [-0.15, -0.1) is 12.4 Å². The molecule has 0 aromatic heterocycles. The van der Waals surface area contributed by atoms with Gasteiger partial charge in [-0.05, 0) is 43.4 Å². The van der Waals surface area contributed by atoms with Crippen LogP contribution in [-0.4, -0.2) is 43.2 Å². The van der Waals surface area contributed by atoms with Crippen molar-refractivity contribution in [2.24, 2.45) is 29.4 Å². The van der Waals surface area contributed by atoms with E-state index in [0.29, 0.717) is 29.7 Å². The summed E-state index contributed by atoms with van der Waals surface area (Å²) in [7, 11) is 0. The molecule has 3 rings (SSSR count). The Morgan fingerprint density at radius 3 is 2.55 bits per heavy atom. The van der Waals surface area contributed by atoms with E-state index in [-0.39, 0.29) is 18.3 Å². The minimum atomic E-state index is 0. The van der Waals surface area contributed by atoms with Crippen LogP contribution < -0.4 is 5.73 Å². The van der Waals surface area contributed by atoms with Crippen LogP contribution in [0.2, 0.25) is 0 Å². The van der Waals surface area contributed by atoms with Crippen LogP contribution in [0.3, 0.4) is 0 Å². The van der Waals surface area contributed by atoms with E-state index in [1.54, 1.807) is 0 Å². The molecule has 2 saturated heterocycles. The average molecular weight is 303 g/mol. The van der Waals surface area contributed by atoms with Gasteiger partial charge < -0.3 is 15.4 Å². The molecule has 0 spiro atoms. The Bertz CT molecular complexity index is 347. The maximum atomic E-state index is 12.6. The summed E-state index contributed by atoms with van der Waals surface area (Å²) in [5, 5.41) is 0. The quantitative estimate of drug-likeness (QED) is 0.844. The van der Waals surface area contributed by atoms with Crippen LogP contribution in [0.1, 0.15) is 32.6 Å². The Hall–Kier alpha value is -0.320. The molecule has 0 aromatic carbocycles. The summed E-state index contributed by atoms with van der Waals surface area (Å²) in [6, 6.07) is 0.321. The Labute approximate surface area is 127 Å². The zero-order valence-electron chi connectivity index (χ0n) is 12.3. The SMILES string of the molecule is CC(C(=O)N1CC2CCC(N)C2C1)C1CCOCC1.Cl. The van der Waals surface area contributed by atoms with Crippen LogP contribution in [0.25, 0.3) is 0 Å². The molecule has 5 heteroatoms. The number of nitrogens with two attached hydrogens (primary N) is 1. The van der Waals surface area contributed by atoms with Gasteiger partial charge in [0.15, 0.2) is 0 Å². The molecule has 0 bridgehead atoms. The number of hydrogen-bond acceptors (Lipinski definition) is 3. The number of halogens is 1. The highest BCUT2D eigenvalue weighted by atomic mass is 35.5. The summed E-state index contributed by atoms with van der Waals surface area (Å²) in [6.07, 6.45) is 4.42. The molecule has 4 atom stereocenters. The van der Waals surface area contributed by atoms with E-state index in [4.69, 9.17) is 10.5 Å². The Morgan fingerprint density at radius 1 is 1.20 bits per heavy atom. The van der Waals surface area contributed by atoms with Gasteiger partial charge >= 0.3 is 0 Å². The predicted molar refractivity (Wildman–Crippen MR) is 80.7 cm³/mol. The molecular weight excluding hydrogens is 276 g/mol. The molecule has 4 unspecified atom stereocenters. The summed E-state index contributed by atoms with van der Waals surface area (Å²) in [5.74, 6) is 2.24. The zero-order valence-corrected chi connectivity index (χ0v) is 13.1. The monoisotopic (exact) mass is 302 g/mol. The van der Waals surface area contributed by atoms with Gasteiger partial charge in [-0.3, -0.25) is 4.79 Å². The summed E-state index contributed by atoms with van der Waals surface area (Å²) >= 11 is 0. The minimum Gasteiger partial charge on any atom is -0.381 e. The van der Waals surface area contributed by atoms with E-state index in [1.807, 2.05) is 0 Å². The second-order valence-corrected chi connectivity index (χ2v) is 6.65. The fourth-order valence-corrected chi connectivity index (χ4v) is 4.19. The minimum absolute atomic E-state index is 0. The van der Waals surface area contributed by atoms with Crippen LogP contribution >= 0.6 is 12.4 Å². The third-order valence-corrected chi connectivity index (χ3v) is 5.59. The van der Waals surface area contributed by atoms with Crippen LogP contribution in [0, 0.1) is 23.7 Å². The second-order valence-electron chi connectivity index (χ2n) is 6.65. The lowest BCUT2D eigenvalue weighted by molar-refractivity contribution is -0.137. The summed E-state index contributed by atoms with van der Waals surface area (Å²) in [5.41, 5.74) is 6.15. The van der Waals surface area contributed by atoms with Crippen molar-refractivity contribution in [3.8, 4) is 0 Å². The van der Waals surface area contributed by atoms with Crippen LogP contribution in [-0.2, 0) is 9.53 Å². The molecule has 116 valence electrons. The standard InChI is InChI=1S/C15H26N2O2.ClH/c1-10(11-4-6-19-7-5-11)15(18)17-8-12-2-3-14(16)13(12)9-17;/h10-14H,2-9,16H2,1H3;1H. The fraction of sp³-hybridized carbons (Fsp3) is 0.933. The first-order valence-electron chi connectivity index (χ1n) is 7.79. The number of carbonyl (C=O) groups is 1. The van der Waals surface area contributed by atoms with Crippen molar-refractivity contribution in [3.63, 3.8) is 0 Å². The largest absolute Gasteiger partial charge is 0.381 e. The molecule has 2 N–H and O–H groups in total. The highest BCUT2D eigenvalue weighted by Gasteiger charge is 2.43.